The molecular weight excluding hydrogens is 206 g/mol. The Hall–Kier alpha value is -2.30. The van der Waals surface area contributed by atoms with E-state index in [-0.39, 0.29) is 12.7 Å². The first-order chi connectivity index (χ1) is 7.83. The zero-order valence-electron chi connectivity index (χ0n) is 8.38. The van der Waals surface area contributed by atoms with Crippen LogP contribution in [-0.4, -0.2) is 16.8 Å². The van der Waals surface area contributed by atoms with E-state index >= 15 is 0 Å². The summed E-state index contributed by atoms with van der Waals surface area (Å²) in [5.74, 6) is 1.78. The van der Waals surface area contributed by atoms with Gasteiger partial charge in [0, 0.05) is 18.0 Å². The molecule has 3 rings (SSSR count). The largest absolute Gasteiger partial charge is 0.454 e. The lowest BCUT2D eigenvalue weighted by Crippen LogP contribution is -1.93. The Bertz CT molecular complexity index is 525. The van der Waals surface area contributed by atoms with Gasteiger partial charge in [0.1, 0.15) is 0 Å². The average molecular weight is 215 g/mol. The molecule has 2 N–H and O–H groups in total. The molecule has 0 amide bonds. The summed E-state index contributed by atoms with van der Waals surface area (Å²) in [5.41, 5.74) is 7.30. The SMILES string of the molecule is Nc1ncc(-c2ccc3c(c2)OCO3)cn1. The van der Waals surface area contributed by atoms with E-state index in [1.54, 1.807) is 12.4 Å². The Morgan fingerprint density at radius 3 is 2.56 bits per heavy atom. The summed E-state index contributed by atoms with van der Waals surface area (Å²) in [7, 11) is 0. The summed E-state index contributed by atoms with van der Waals surface area (Å²) in [6, 6.07) is 5.70. The van der Waals surface area contributed by atoms with Crippen molar-refractivity contribution >= 4 is 5.95 Å². The first kappa shape index (κ1) is 8.96. The van der Waals surface area contributed by atoms with E-state index in [4.69, 9.17) is 15.2 Å². The molecule has 1 aliphatic heterocycles. The molecule has 2 heterocycles. The van der Waals surface area contributed by atoms with Crippen LogP contribution in [0.4, 0.5) is 5.95 Å². The minimum Gasteiger partial charge on any atom is -0.454 e. The van der Waals surface area contributed by atoms with Gasteiger partial charge in [-0.15, -0.1) is 0 Å². The van der Waals surface area contributed by atoms with Gasteiger partial charge in [0.25, 0.3) is 0 Å². The van der Waals surface area contributed by atoms with Gasteiger partial charge in [0.15, 0.2) is 11.5 Å². The minimum absolute atomic E-state index is 0.268. The molecule has 0 aliphatic carbocycles. The monoisotopic (exact) mass is 215 g/mol. The smallest absolute Gasteiger partial charge is 0.231 e. The standard InChI is InChI=1S/C11H9N3O2/c12-11-13-4-8(5-14-11)7-1-2-9-10(3-7)16-6-15-9/h1-5H,6H2,(H2,12,13,14). The highest BCUT2D eigenvalue weighted by Crippen LogP contribution is 2.35. The van der Waals surface area contributed by atoms with Crippen molar-refractivity contribution in [2.45, 2.75) is 0 Å². The number of anilines is 1. The third kappa shape index (κ3) is 1.42. The summed E-state index contributed by atoms with van der Waals surface area (Å²) < 4.78 is 10.5. The van der Waals surface area contributed by atoms with Crippen LogP contribution >= 0.6 is 0 Å². The third-order valence-corrected chi connectivity index (χ3v) is 2.38. The molecule has 0 saturated heterocycles. The van der Waals surface area contributed by atoms with Crippen molar-refractivity contribution in [1.82, 2.24) is 9.97 Å². The molecule has 1 aromatic heterocycles. The van der Waals surface area contributed by atoms with Crippen molar-refractivity contribution in [1.29, 1.82) is 0 Å². The lowest BCUT2D eigenvalue weighted by Gasteiger charge is -2.02. The van der Waals surface area contributed by atoms with Gasteiger partial charge in [-0.1, -0.05) is 6.07 Å². The van der Waals surface area contributed by atoms with Crippen LogP contribution in [-0.2, 0) is 0 Å². The van der Waals surface area contributed by atoms with Crippen LogP contribution in [0.5, 0.6) is 11.5 Å². The van der Waals surface area contributed by atoms with Crippen LogP contribution in [0.25, 0.3) is 11.1 Å². The Morgan fingerprint density at radius 1 is 1.00 bits per heavy atom. The second-order valence-corrected chi connectivity index (χ2v) is 3.40. The maximum Gasteiger partial charge on any atom is 0.231 e. The highest BCUT2D eigenvalue weighted by Gasteiger charge is 2.13. The second-order valence-electron chi connectivity index (χ2n) is 3.40. The molecule has 0 radical (unpaired) electrons. The Balaban J connectivity index is 2.03. The topological polar surface area (TPSA) is 70.3 Å². The summed E-state index contributed by atoms with van der Waals surface area (Å²) >= 11 is 0. The number of fused-ring (bicyclic) bond motifs is 1. The van der Waals surface area contributed by atoms with Crippen LogP contribution in [0.1, 0.15) is 0 Å². The summed E-state index contributed by atoms with van der Waals surface area (Å²) in [5, 5.41) is 0. The molecule has 0 unspecified atom stereocenters. The molecule has 16 heavy (non-hydrogen) atoms. The van der Waals surface area contributed by atoms with Gasteiger partial charge in [-0.2, -0.15) is 0 Å². The van der Waals surface area contributed by atoms with Crippen molar-refractivity contribution < 1.29 is 9.47 Å². The van der Waals surface area contributed by atoms with Crippen LogP contribution < -0.4 is 15.2 Å². The van der Waals surface area contributed by atoms with Crippen molar-refractivity contribution in [2.24, 2.45) is 0 Å². The molecule has 5 heteroatoms. The quantitative estimate of drug-likeness (QED) is 0.779. The molecule has 1 aliphatic rings. The normalized spacial score (nSPS) is 12.8. The van der Waals surface area contributed by atoms with Crippen LogP contribution in [0.15, 0.2) is 30.6 Å². The first-order valence-electron chi connectivity index (χ1n) is 4.80. The Labute approximate surface area is 91.9 Å². The molecule has 0 atom stereocenters. The van der Waals surface area contributed by atoms with Gasteiger partial charge in [-0.25, -0.2) is 9.97 Å². The van der Waals surface area contributed by atoms with E-state index in [9.17, 15) is 0 Å². The van der Waals surface area contributed by atoms with Crippen LogP contribution in [0.2, 0.25) is 0 Å². The number of rotatable bonds is 1. The predicted octanol–water partition coefficient (Wildman–Crippen LogP) is 1.45. The van der Waals surface area contributed by atoms with Crippen molar-refractivity contribution in [2.75, 3.05) is 12.5 Å². The zero-order valence-corrected chi connectivity index (χ0v) is 8.38. The maximum absolute atomic E-state index is 5.43. The lowest BCUT2D eigenvalue weighted by atomic mass is 10.1. The van der Waals surface area contributed by atoms with Crippen molar-refractivity contribution in [3.8, 4) is 22.6 Å². The number of nitrogens with two attached hydrogens (primary N) is 1. The van der Waals surface area contributed by atoms with Gasteiger partial charge in [-0.05, 0) is 17.7 Å². The number of ether oxygens (including phenoxy) is 2. The number of aromatic nitrogens is 2. The maximum atomic E-state index is 5.43. The lowest BCUT2D eigenvalue weighted by molar-refractivity contribution is 0.174. The van der Waals surface area contributed by atoms with E-state index in [2.05, 4.69) is 9.97 Å². The van der Waals surface area contributed by atoms with Gasteiger partial charge in [-0.3, -0.25) is 0 Å². The molecule has 0 bridgehead atoms. The first-order valence-corrected chi connectivity index (χ1v) is 4.80. The fraction of sp³-hybridized carbons (Fsp3) is 0.0909. The van der Waals surface area contributed by atoms with Crippen molar-refractivity contribution in [3.05, 3.63) is 30.6 Å². The Kier molecular flexibility index (Phi) is 1.89. The highest BCUT2D eigenvalue weighted by molar-refractivity contribution is 5.66. The summed E-state index contributed by atoms with van der Waals surface area (Å²) in [4.78, 5) is 7.89. The Morgan fingerprint density at radius 2 is 1.75 bits per heavy atom. The molecule has 0 fully saturated rings. The number of nitrogen functional groups attached to an aromatic ring is 1. The van der Waals surface area contributed by atoms with E-state index in [1.807, 2.05) is 18.2 Å². The van der Waals surface area contributed by atoms with Gasteiger partial charge in [0.2, 0.25) is 12.7 Å². The average Bonchev–Trinajstić information content (AvgIpc) is 2.77. The van der Waals surface area contributed by atoms with E-state index in [0.29, 0.717) is 0 Å². The van der Waals surface area contributed by atoms with Gasteiger partial charge >= 0.3 is 0 Å². The van der Waals surface area contributed by atoms with Gasteiger partial charge in [0.05, 0.1) is 0 Å². The molecule has 80 valence electrons. The summed E-state index contributed by atoms with van der Waals surface area (Å²) in [6.07, 6.45) is 3.36. The third-order valence-electron chi connectivity index (χ3n) is 2.38. The molecule has 5 nitrogen and oxygen atoms in total. The number of nitrogens with zero attached hydrogens (tertiary/aromatic N) is 2. The number of hydrogen-bond acceptors (Lipinski definition) is 5. The van der Waals surface area contributed by atoms with E-state index in [1.165, 1.54) is 0 Å². The predicted molar refractivity (Wildman–Crippen MR) is 58.0 cm³/mol. The highest BCUT2D eigenvalue weighted by atomic mass is 16.7. The molecule has 0 spiro atoms. The number of hydrogen-bond donors (Lipinski definition) is 1. The fourth-order valence-corrected chi connectivity index (χ4v) is 1.56. The summed E-state index contributed by atoms with van der Waals surface area (Å²) in [6.45, 7) is 0.275. The van der Waals surface area contributed by atoms with E-state index < -0.39 is 0 Å². The van der Waals surface area contributed by atoms with E-state index in [0.717, 1.165) is 22.6 Å². The number of benzene rings is 1. The second kappa shape index (κ2) is 3.37. The van der Waals surface area contributed by atoms with Gasteiger partial charge < -0.3 is 15.2 Å². The van der Waals surface area contributed by atoms with Crippen molar-refractivity contribution in [3.63, 3.8) is 0 Å². The van der Waals surface area contributed by atoms with Crippen LogP contribution in [0, 0.1) is 0 Å². The fourth-order valence-electron chi connectivity index (χ4n) is 1.56. The molecule has 2 aromatic rings. The molecule has 1 aromatic carbocycles. The molecule has 0 saturated carbocycles. The minimum atomic E-state index is 0.268. The van der Waals surface area contributed by atoms with Crippen LogP contribution in [0.3, 0.4) is 0 Å². The molecular formula is C11H9N3O2. The zero-order chi connectivity index (χ0) is 11.0.